The van der Waals surface area contributed by atoms with Crippen molar-refractivity contribution < 1.29 is 23.5 Å². The summed E-state index contributed by atoms with van der Waals surface area (Å²) in [4.78, 5) is 12.7. The van der Waals surface area contributed by atoms with Crippen molar-refractivity contribution in [2.24, 2.45) is 0 Å². The summed E-state index contributed by atoms with van der Waals surface area (Å²) in [5.74, 6) is 0.962. The molecule has 1 aliphatic rings. The molecule has 2 unspecified atom stereocenters. The Bertz CT molecular complexity index is 1930. The maximum atomic E-state index is 12.7. The van der Waals surface area contributed by atoms with Crippen molar-refractivity contribution in [3.63, 3.8) is 0 Å². The van der Waals surface area contributed by atoms with Gasteiger partial charge in [-0.15, -0.1) is 0 Å². The van der Waals surface area contributed by atoms with Crippen molar-refractivity contribution in [1.29, 1.82) is 0 Å². The predicted molar refractivity (Wildman–Crippen MR) is 182 cm³/mol. The Labute approximate surface area is 269 Å². The number of carboxylic acid groups (broad SMARTS) is 1. The number of carbonyl (C=O) groups is 1. The number of benzene rings is 5. The van der Waals surface area contributed by atoms with Gasteiger partial charge in [-0.3, -0.25) is 0 Å². The van der Waals surface area contributed by atoms with Crippen LogP contribution in [0.4, 0.5) is 4.79 Å². The van der Waals surface area contributed by atoms with Gasteiger partial charge < -0.3 is 14.3 Å². The highest BCUT2D eigenvalue weighted by Gasteiger charge is 2.51. The van der Waals surface area contributed by atoms with Crippen LogP contribution < -0.4 is 0 Å². The first-order valence-corrected chi connectivity index (χ1v) is 16.0. The van der Waals surface area contributed by atoms with Crippen LogP contribution in [-0.4, -0.2) is 34.4 Å². The zero-order valence-corrected chi connectivity index (χ0v) is 26.0. The third-order valence-electron chi connectivity index (χ3n) is 9.49. The Balaban J connectivity index is 1.08. The Morgan fingerprint density at radius 1 is 0.739 bits per heavy atom. The van der Waals surface area contributed by atoms with Crippen LogP contribution in [0.1, 0.15) is 35.8 Å². The van der Waals surface area contributed by atoms with Crippen LogP contribution in [-0.2, 0) is 24.3 Å². The second kappa shape index (κ2) is 12.8. The number of ether oxygens (including phenoxy) is 1. The third-order valence-corrected chi connectivity index (χ3v) is 9.49. The van der Waals surface area contributed by atoms with Crippen LogP contribution in [0, 0.1) is 0 Å². The highest BCUT2D eigenvalue weighted by molar-refractivity contribution is 5.96. The molecule has 46 heavy (non-hydrogen) atoms. The first-order valence-electron chi connectivity index (χ1n) is 16.0. The van der Waals surface area contributed by atoms with Gasteiger partial charge in [-0.05, 0) is 40.8 Å². The average Bonchev–Trinajstić information content (AvgIpc) is 3.62. The summed E-state index contributed by atoms with van der Waals surface area (Å²) >= 11 is 0. The topological polar surface area (TPSA) is 59.7 Å². The molecule has 6 aromatic rings. The van der Waals surface area contributed by atoms with E-state index in [0.29, 0.717) is 19.7 Å². The molecular weight excluding hydrogens is 570 g/mol. The zero-order chi connectivity index (χ0) is 31.5. The Hall–Kier alpha value is -4.97. The molecule has 0 radical (unpaired) electrons. The molecular formula is C41H38NO4+. The van der Waals surface area contributed by atoms with Gasteiger partial charge in [-0.25, -0.2) is 4.48 Å². The predicted octanol–water partition coefficient (Wildman–Crippen LogP) is 9.73. The fourth-order valence-electron chi connectivity index (χ4n) is 6.94. The van der Waals surface area contributed by atoms with E-state index in [-0.39, 0.29) is 16.6 Å². The quantitative estimate of drug-likeness (QED) is 0.166. The van der Waals surface area contributed by atoms with Gasteiger partial charge in [-0.2, -0.15) is 4.79 Å². The Morgan fingerprint density at radius 3 is 2.00 bits per heavy atom. The van der Waals surface area contributed by atoms with Gasteiger partial charge in [0, 0.05) is 29.4 Å². The van der Waals surface area contributed by atoms with Gasteiger partial charge in [0.1, 0.15) is 30.5 Å². The molecule has 0 bridgehead atoms. The van der Waals surface area contributed by atoms with Crippen molar-refractivity contribution in [3.8, 4) is 22.3 Å². The van der Waals surface area contributed by atoms with Crippen molar-refractivity contribution >= 4 is 17.1 Å². The SMILES string of the molecule is CC1C[C@@H](OCc2ccccc2)C[N+]1(Cc1ccc(-c2ccc(-c3c(Cc4ccccc4)oc4ccccc34)cc2)cc1)C(=O)O. The Morgan fingerprint density at radius 2 is 1.33 bits per heavy atom. The lowest BCUT2D eigenvalue weighted by Gasteiger charge is -2.32. The van der Waals surface area contributed by atoms with Crippen LogP contribution in [0.15, 0.2) is 138 Å². The summed E-state index contributed by atoms with van der Waals surface area (Å²) in [5, 5.41) is 11.5. The van der Waals surface area contributed by atoms with E-state index in [0.717, 1.165) is 63.0 Å². The smallest absolute Gasteiger partial charge is 0.460 e. The number of hydrogen-bond donors (Lipinski definition) is 1. The lowest BCUT2D eigenvalue weighted by Crippen LogP contribution is -2.54. The van der Waals surface area contributed by atoms with Gasteiger partial charge in [0.15, 0.2) is 0 Å². The van der Waals surface area contributed by atoms with E-state index in [1.807, 2.05) is 55.5 Å². The number of furan rings is 1. The number of quaternary nitrogens is 1. The number of fused-ring (bicyclic) bond motifs is 1. The monoisotopic (exact) mass is 608 g/mol. The molecule has 0 saturated carbocycles. The summed E-state index contributed by atoms with van der Waals surface area (Å²) < 4.78 is 12.5. The van der Waals surface area contributed by atoms with Gasteiger partial charge in [-0.1, -0.05) is 127 Å². The molecule has 230 valence electrons. The first kappa shape index (κ1) is 29.7. The molecule has 0 spiro atoms. The number of rotatable bonds is 9. The molecule has 0 aliphatic carbocycles. The van der Waals surface area contributed by atoms with Gasteiger partial charge in [0.25, 0.3) is 0 Å². The molecule has 7 rings (SSSR count). The van der Waals surface area contributed by atoms with Crippen LogP contribution in [0.25, 0.3) is 33.2 Å². The van der Waals surface area contributed by atoms with E-state index in [1.54, 1.807) is 0 Å². The molecule has 3 atom stereocenters. The maximum Gasteiger partial charge on any atom is 0.514 e. The lowest BCUT2D eigenvalue weighted by molar-refractivity contribution is -0.881. The van der Waals surface area contributed by atoms with E-state index in [1.165, 1.54) is 5.56 Å². The van der Waals surface area contributed by atoms with E-state index < -0.39 is 6.09 Å². The summed E-state index contributed by atoms with van der Waals surface area (Å²) in [6.07, 6.45) is 0.562. The first-order chi connectivity index (χ1) is 22.5. The fraction of sp³-hybridized carbons (Fsp3) is 0.195. The fourth-order valence-corrected chi connectivity index (χ4v) is 6.94. The number of para-hydroxylation sites is 1. The van der Waals surface area contributed by atoms with E-state index in [2.05, 4.69) is 84.9 Å². The standard InChI is InChI=1S/C41H37NO4/c1-29-24-36(45-28-32-12-6-3-7-13-32)27-42(29,41(43)44)26-31-16-18-33(19-17-31)34-20-22-35(23-21-34)40-37-14-8-9-15-38(37)46-39(40)25-30-10-4-2-5-11-30/h2-23,29,36H,24-28H2,1H3/p+1/t29?,36-,42?/m1/s1. The summed E-state index contributed by atoms with van der Waals surface area (Å²) in [5.41, 5.74) is 8.68. The summed E-state index contributed by atoms with van der Waals surface area (Å²) in [6.45, 7) is 3.42. The largest absolute Gasteiger partial charge is 0.514 e. The van der Waals surface area contributed by atoms with Crippen LogP contribution in [0.3, 0.4) is 0 Å². The van der Waals surface area contributed by atoms with Crippen LogP contribution in [0.2, 0.25) is 0 Å². The van der Waals surface area contributed by atoms with E-state index in [4.69, 9.17) is 9.15 Å². The molecule has 5 heteroatoms. The molecule has 5 aromatic carbocycles. The molecule has 1 N–H and O–H groups in total. The second-order valence-electron chi connectivity index (χ2n) is 12.5. The Kier molecular flexibility index (Phi) is 8.27. The van der Waals surface area contributed by atoms with Gasteiger partial charge in [0.2, 0.25) is 0 Å². The minimum atomic E-state index is -0.795. The average molecular weight is 609 g/mol. The number of nitrogens with zero attached hydrogens (tertiary/aromatic N) is 1. The number of amides is 1. The second-order valence-corrected chi connectivity index (χ2v) is 12.5. The molecule has 1 amide bonds. The van der Waals surface area contributed by atoms with Crippen LogP contribution in [0.5, 0.6) is 0 Å². The van der Waals surface area contributed by atoms with Gasteiger partial charge >= 0.3 is 6.09 Å². The molecule has 1 aliphatic heterocycles. The highest BCUT2D eigenvalue weighted by atomic mass is 16.5. The van der Waals surface area contributed by atoms with Crippen molar-refractivity contribution in [3.05, 3.63) is 156 Å². The maximum absolute atomic E-state index is 12.7. The summed E-state index contributed by atoms with van der Waals surface area (Å²) in [6, 6.07) is 45.6. The summed E-state index contributed by atoms with van der Waals surface area (Å²) in [7, 11) is 0. The number of hydrogen-bond acceptors (Lipinski definition) is 3. The van der Waals surface area contributed by atoms with Crippen LogP contribution >= 0.6 is 0 Å². The van der Waals surface area contributed by atoms with Gasteiger partial charge in [0.05, 0.1) is 12.6 Å². The van der Waals surface area contributed by atoms with Crippen molar-refractivity contribution in [2.75, 3.05) is 6.54 Å². The zero-order valence-electron chi connectivity index (χ0n) is 26.0. The molecule has 1 aromatic heterocycles. The lowest BCUT2D eigenvalue weighted by atomic mass is 9.96. The van der Waals surface area contributed by atoms with Crippen molar-refractivity contribution in [1.82, 2.24) is 0 Å². The third kappa shape index (κ3) is 6.00. The van der Waals surface area contributed by atoms with Crippen molar-refractivity contribution in [2.45, 2.75) is 45.1 Å². The molecule has 1 fully saturated rings. The molecule has 1 saturated heterocycles. The molecule has 5 nitrogen and oxygen atoms in total. The number of likely N-dealkylation sites (tertiary alicyclic amines) is 1. The minimum Gasteiger partial charge on any atom is -0.460 e. The van der Waals surface area contributed by atoms with E-state index >= 15 is 0 Å². The van der Waals surface area contributed by atoms with E-state index in [9.17, 15) is 9.90 Å². The molecule has 2 heterocycles. The highest BCUT2D eigenvalue weighted by Crippen LogP contribution is 2.37. The minimum absolute atomic E-state index is 0.0164. The normalized spacial score (nSPS) is 19.4.